The molecule has 2 aromatic heterocycles. The Bertz CT molecular complexity index is 776. The molecular weight excluding hydrogens is 325 g/mol. The first-order chi connectivity index (χ1) is 10.6. The van der Waals surface area contributed by atoms with E-state index in [4.69, 9.17) is 16.3 Å². The van der Waals surface area contributed by atoms with Crippen molar-refractivity contribution in [1.82, 2.24) is 4.98 Å². The number of nitrogens with zero attached hydrogens (tertiary/aromatic N) is 1. The van der Waals surface area contributed by atoms with E-state index in [0.717, 1.165) is 0 Å². The first-order valence-corrected chi connectivity index (χ1v) is 7.70. The van der Waals surface area contributed by atoms with Crippen molar-refractivity contribution in [1.29, 1.82) is 0 Å². The van der Waals surface area contributed by atoms with Crippen LogP contribution in [0.1, 0.15) is 17.4 Å². The van der Waals surface area contributed by atoms with Crippen LogP contribution in [0.2, 0.25) is 4.34 Å². The van der Waals surface area contributed by atoms with Crippen molar-refractivity contribution < 1.29 is 14.2 Å². The van der Waals surface area contributed by atoms with Gasteiger partial charge >= 0.3 is 0 Å². The highest BCUT2D eigenvalue weighted by Gasteiger charge is 2.14. The van der Waals surface area contributed by atoms with Crippen molar-refractivity contribution in [2.24, 2.45) is 0 Å². The molecule has 3 rings (SSSR count). The van der Waals surface area contributed by atoms with Gasteiger partial charge in [-0.2, -0.15) is 0 Å². The molecule has 3 aromatic rings. The van der Waals surface area contributed by atoms with Gasteiger partial charge in [0.2, 0.25) is 5.88 Å². The molecule has 0 aliphatic heterocycles. The quantitative estimate of drug-likeness (QED) is 0.744. The summed E-state index contributed by atoms with van der Waals surface area (Å²) in [6.45, 7) is 0. The third-order valence-corrected chi connectivity index (χ3v) is 4.07. The molecular formula is C16H11ClFNO2S. The second kappa shape index (κ2) is 6.44. The molecule has 22 heavy (non-hydrogen) atoms. The van der Waals surface area contributed by atoms with E-state index in [2.05, 4.69) is 4.98 Å². The number of ether oxygens (including phenoxy) is 1. The molecule has 0 bridgehead atoms. The van der Waals surface area contributed by atoms with Crippen LogP contribution in [0.25, 0.3) is 0 Å². The first kappa shape index (κ1) is 15.0. The number of halogens is 2. The van der Waals surface area contributed by atoms with E-state index in [1.807, 2.05) is 0 Å². The summed E-state index contributed by atoms with van der Waals surface area (Å²) in [5.74, 6) is 0.461. The van der Waals surface area contributed by atoms with Crippen LogP contribution in [0.15, 0.2) is 53.9 Å². The van der Waals surface area contributed by atoms with Crippen LogP contribution >= 0.6 is 22.9 Å². The van der Waals surface area contributed by atoms with Crippen LogP contribution in [0.5, 0.6) is 11.6 Å². The average Bonchev–Trinajstić information content (AvgIpc) is 2.96. The van der Waals surface area contributed by atoms with Crippen molar-refractivity contribution in [2.75, 3.05) is 0 Å². The molecule has 0 radical (unpaired) electrons. The molecule has 0 unspecified atom stereocenters. The van der Waals surface area contributed by atoms with Crippen LogP contribution in [-0.4, -0.2) is 10.1 Å². The van der Waals surface area contributed by atoms with Crippen molar-refractivity contribution in [3.05, 3.63) is 75.3 Å². The lowest BCUT2D eigenvalue weighted by molar-refractivity contribution is 0.214. The number of hydrogen-bond acceptors (Lipinski definition) is 4. The van der Waals surface area contributed by atoms with Gasteiger partial charge in [-0.1, -0.05) is 17.7 Å². The van der Waals surface area contributed by atoms with Gasteiger partial charge in [-0.15, -0.1) is 11.3 Å². The zero-order chi connectivity index (χ0) is 15.5. The number of aliphatic hydroxyl groups excluding tert-OH is 1. The normalized spacial score (nSPS) is 12.1. The lowest BCUT2D eigenvalue weighted by Crippen LogP contribution is -2.01. The number of benzene rings is 1. The highest BCUT2D eigenvalue weighted by Crippen LogP contribution is 2.29. The van der Waals surface area contributed by atoms with Gasteiger partial charge < -0.3 is 9.84 Å². The molecule has 0 aliphatic carbocycles. The standard InChI is InChI=1S/C16H11ClFNO2S/c17-14-8-10(9-22-14)16(20)13-2-1-3-15(19-13)21-12-6-4-11(18)5-7-12/h1-9,16,20H/t16-/m1/s1. The fourth-order valence-electron chi connectivity index (χ4n) is 1.90. The van der Waals surface area contributed by atoms with Gasteiger partial charge in [0.05, 0.1) is 10.0 Å². The summed E-state index contributed by atoms with van der Waals surface area (Å²) in [4.78, 5) is 4.27. The Morgan fingerprint density at radius 1 is 1.18 bits per heavy atom. The maximum atomic E-state index is 12.9. The van der Waals surface area contributed by atoms with Gasteiger partial charge in [-0.25, -0.2) is 9.37 Å². The van der Waals surface area contributed by atoms with E-state index in [9.17, 15) is 9.50 Å². The van der Waals surface area contributed by atoms with Crippen LogP contribution in [0, 0.1) is 5.82 Å². The molecule has 2 heterocycles. The minimum absolute atomic E-state index is 0.324. The van der Waals surface area contributed by atoms with E-state index in [1.165, 1.54) is 35.6 Å². The summed E-state index contributed by atoms with van der Waals surface area (Å²) in [6.07, 6.45) is -0.875. The fraction of sp³-hybridized carbons (Fsp3) is 0.0625. The van der Waals surface area contributed by atoms with Gasteiger partial charge in [0, 0.05) is 6.07 Å². The molecule has 0 fully saturated rings. The average molecular weight is 336 g/mol. The monoisotopic (exact) mass is 335 g/mol. The summed E-state index contributed by atoms with van der Waals surface area (Å²) in [5.41, 5.74) is 1.13. The predicted molar refractivity (Wildman–Crippen MR) is 84.1 cm³/mol. The molecule has 1 N–H and O–H groups in total. The van der Waals surface area contributed by atoms with E-state index in [1.54, 1.807) is 29.6 Å². The molecule has 112 valence electrons. The van der Waals surface area contributed by atoms with Gasteiger partial charge in [0.15, 0.2) is 0 Å². The Balaban J connectivity index is 1.81. The van der Waals surface area contributed by atoms with E-state index in [-0.39, 0.29) is 5.82 Å². The SMILES string of the molecule is O[C@H](c1csc(Cl)c1)c1cccc(Oc2ccc(F)cc2)n1. The first-order valence-electron chi connectivity index (χ1n) is 6.44. The molecule has 3 nitrogen and oxygen atoms in total. The lowest BCUT2D eigenvalue weighted by atomic mass is 10.1. The summed E-state index contributed by atoms with van der Waals surface area (Å²) in [7, 11) is 0. The lowest BCUT2D eigenvalue weighted by Gasteiger charge is -2.10. The second-order valence-electron chi connectivity index (χ2n) is 4.54. The number of rotatable bonds is 4. The van der Waals surface area contributed by atoms with Crippen LogP contribution < -0.4 is 4.74 Å². The van der Waals surface area contributed by atoms with Gasteiger partial charge in [0.1, 0.15) is 17.7 Å². The maximum absolute atomic E-state index is 12.9. The number of aliphatic hydroxyl groups is 1. The Morgan fingerprint density at radius 2 is 1.95 bits per heavy atom. The summed E-state index contributed by atoms with van der Waals surface area (Å²) in [6, 6.07) is 12.4. The molecule has 1 aromatic carbocycles. The summed E-state index contributed by atoms with van der Waals surface area (Å²) in [5, 5.41) is 12.1. The Hall–Kier alpha value is -1.95. The fourth-order valence-corrected chi connectivity index (χ4v) is 2.81. The summed E-state index contributed by atoms with van der Waals surface area (Å²) >= 11 is 7.22. The molecule has 0 spiro atoms. The Kier molecular flexibility index (Phi) is 4.38. The van der Waals surface area contributed by atoms with E-state index in [0.29, 0.717) is 27.2 Å². The van der Waals surface area contributed by atoms with Crippen molar-refractivity contribution in [2.45, 2.75) is 6.10 Å². The highest BCUT2D eigenvalue weighted by molar-refractivity contribution is 7.14. The van der Waals surface area contributed by atoms with Gasteiger partial charge in [0.25, 0.3) is 0 Å². The topological polar surface area (TPSA) is 42.4 Å². The zero-order valence-corrected chi connectivity index (χ0v) is 12.8. The Labute approximate surface area is 135 Å². The molecule has 0 amide bonds. The predicted octanol–water partition coefficient (Wildman–Crippen LogP) is 4.81. The smallest absolute Gasteiger partial charge is 0.219 e. The van der Waals surface area contributed by atoms with E-state index >= 15 is 0 Å². The molecule has 0 saturated heterocycles. The molecule has 6 heteroatoms. The van der Waals surface area contributed by atoms with Gasteiger partial charge in [-0.3, -0.25) is 0 Å². The minimum atomic E-state index is -0.875. The Morgan fingerprint density at radius 3 is 2.64 bits per heavy atom. The third-order valence-electron chi connectivity index (χ3n) is 2.96. The van der Waals surface area contributed by atoms with Crippen molar-refractivity contribution >= 4 is 22.9 Å². The highest BCUT2D eigenvalue weighted by atomic mass is 35.5. The van der Waals surface area contributed by atoms with E-state index < -0.39 is 6.10 Å². The number of hydrogen-bond donors (Lipinski definition) is 1. The maximum Gasteiger partial charge on any atom is 0.219 e. The zero-order valence-electron chi connectivity index (χ0n) is 11.2. The third kappa shape index (κ3) is 3.44. The van der Waals surface area contributed by atoms with Crippen molar-refractivity contribution in [3.8, 4) is 11.6 Å². The summed E-state index contributed by atoms with van der Waals surface area (Å²) < 4.78 is 19.0. The van der Waals surface area contributed by atoms with Gasteiger partial charge in [-0.05, 0) is 47.3 Å². The number of thiophene rings is 1. The van der Waals surface area contributed by atoms with Crippen LogP contribution in [0.3, 0.4) is 0 Å². The number of pyridine rings is 1. The number of aromatic nitrogens is 1. The molecule has 0 saturated carbocycles. The molecule has 0 aliphatic rings. The minimum Gasteiger partial charge on any atom is -0.439 e. The van der Waals surface area contributed by atoms with Crippen LogP contribution in [0.4, 0.5) is 4.39 Å². The van der Waals surface area contributed by atoms with Crippen molar-refractivity contribution in [3.63, 3.8) is 0 Å². The molecule has 1 atom stereocenters. The second-order valence-corrected chi connectivity index (χ2v) is 6.09. The largest absolute Gasteiger partial charge is 0.439 e. The van der Waals surface area contributed by atoms with Crippen LogP contribution in [-0.2, 0) is 0 Å².